The molecule has 3 amide bonds. The first kappa shape index (κ1) is 14.0. The summed E-state index contributed by atoms with van der Waals surface area (Å²) in [4.78, 5) is 22.7. The molecule has 0 spiro atoms. The molecule has 1 aliphatic rings. The quantitative estimate of drug-likeness (QED) is 0.897. The number of nitrogens with one attached hydrogen (secondary N) is 2. The lowest BCUT2D eigenvalue weighted by Gasteiger charge is -2.08. The van der Waals surface area contributed by atoms with Crippen molar-refractivity contribution in [2.45, 2.75) is 18.9 Å². The number of ether oxygens (including phenoxy) is 1. The molecule has 0 saturated heterocycles. The van der Waals surface area contributed by atoms with E-state index in [4.69, 9.17) is 27.9 Å². The molecule has 0 aromatic heterocycles. The maximum absolute atomic E-state index is 11.4. The molecule has 0 heterocycles. The van der Waals surface area contributed by atoms with E-state index in [1.54, 1.807) is 12.1 Å². The second-order valence-electron chi connectivity index (χ2n) is 4.16. The number of hydrogen-bond donors (Lipinski definition) is 2. The third-order valence-electron chi connectivity index (χ3n) is 2.43. The zero-order chi connectivity index (χ0) is 13.8. The van der Waals surface area contributed by atoms with Crippen molar-refractivity contribution in [2.75, 3.05) is 6.61 Å². The van der Waals surface area contributed by atoms with Crippen LogP contribution in [-0.4, -0.2) is 24.6 Å². The van der Waals surface area contributed by atoms with E-state index in [2.05, 4.69) is 10.6 Å². The van der Waals surface area contributed by atoms with Crippen LogP contribution in [0.15, 0.2) is 18.2 Å². The van der Waals surface area contributed by atoms with Crippen molar-refractivity contribution >= 4 is 35.1 Å². The number of carbonyl (C=O) groups is 2. The summed E-state index contributed by atoms with van der Waals surface area (Å²) in [6.07, 6.45) is 1.92. The predicted molar refractivity (Wildman–Crippen MR) is 71.7 cm³/mol. The fraction of sp³-hybridized carbons (Fsp3) is 0.333. The fourth-order valence-electron chi connectivity index (χ4n) is 1.33. The molecule has 7 heteroatoms. The third kappa shape index (κ3) is 4.61. The van der Waals surface area contributed by atoms with Gasteiger partial charge in [0.15, 0.2) is 6.61 Å². The van der Waals surface area contributed by atoms with Crippen LogP contribution in [0.25, 0.3) is 0 Å². The summed E-state index contributed by atoms with van der Waals surface area (Å²) in [5.41, 5.74) is 0. The van der Waals surface area contributed by atoms with Gasteiger partial charge in [-0.3, -0.25) is 10.1 Å². The summed E-state index contributed by atoms with van der Waals surface area (Å²) in [6, 6.07) is 4.36. The maximum Gasteiger partial charge on any atom is 0.321 e. The third-order valence-corrected chi connectivity index (χ3v) is 3.17. The molecule has 19 heavy (non-hydrogen) atoms. The van der Waals surface area contributed by atoms with Crippen molar-refractivity contribution < 1.29 is 14.3 Å². The molecule has 0 aliphatic heterocycles. The summed E-state index contributed by atoms with van der Waals surface area (Å²) in [7, 11) is 0. The number of imide groups is 1. The van der Waals surface area contributed by atoms with Gasteiger partial charge in [-0.05, 0) is 25.0 Å². The van der Waals surface area contributed by atoms with Gasteiger partial charge in [0.25, 0.3) is 5.91 Å². The van der Waals surface area contributed by atoms with Crippen molar-refractivity contribution in [2.24, 2.45) is 0 Å². The summed E-state index contributed by atoms with van der Waals surface area (Å²) in [5.74, 6) is -0.114. The average Bonchev–Trinajstić information content (AvgIpc) is 3.14. The van der Waals surface area contributed by atoms with Crippen molar-refractivity contribution in [3.8, 4) is 5.75 Å². The van der Waals surface area contributed by atoms with Gasteiger partial charge in [-0.15, -0.1) is 0 Å². The first-order chi connectivity index (χ1) is 9.04. The second-order valence-corrected chi connectivity index (χ2v) is 4.97. The Bertz CT molecular complexity index is 504. The monoisotopic (exact) mass is 302 g/mol. The van der Waals surface area contributed by atoms with Crippen LogP contribution in [0.4, 0.5) is 4.79 Å². The largest absolute Gasteiger partial charge is 0.484 e. The van der Waals surface area contributed by atoms with Gasteiger partial charge in [0.2, 0.25) is 0 Å². The molecular formula is C12H12Cl2N2O3. The second kappa shape index (κ2) is 6.12. The molecule has 1 aliphatic carbocycles. The minimum atomic E-state index is -0.524. The first-order valence-electron chi connectivity index (χ1n) is 5.73. The van der Waals surface area contributed by atoms with Crippen molar-refractivity contribution in [3.63, 3.8) is 0 Å². The van der Waals surface area contributed by atoms with E-state index in [1.807, 2.05) is 0 Å². The van der Waals surface area contributed by atoms with Crippen LogP contribution in [0.5, 0.6) is 5.75 Å². The van der Waals surface area contributed by atoms with Crippen molar-refractivity contribution in [1.29, 1.82) is 0 Å². The molecule has 0 bridgehead atoms. The molecule has 1 aromatic carbocycles. The number of halogens is 2. The first-order valence-corrected chi connectivity index (χ1v) is 6.48. The van der Waals surface area contributed by atoms with E-state index in [-0.39, 0.29) is 12.6 Å². The lowest BCUT2D eigenvalue weighted by molar-refractivity contribution is -0.122. The molecule has 5 nitrogen and oxygen atoms in total. The average molecular weight is 303 g/mol. The SMILES string of the molecule is O=C(COc1ccc(Cl)c(Cl)c1)NC(=O)NC1CC1. The van der Waals surface area contributed by atoms with Crippen molar-refractivity contribution in [1.82, 2.24) is 10.6 Å². The predicted octanol–water partition coefficient (Wildman–Crippen LogP) is 2.36. The molecule has 0 atom stereocenters. The molecule has 0 unspecified atom stereocenters. The van der Waals surface area contributed by atoms with E-state index < -0.39 is 11.9 Å². The number of carbonyl (C=O) groups excluding carboxylic acids is 2. The van der Waals surface area contributed by atoms with Gasteiger partial charge in [-0.2, -0.15) is 0 Å². The Morgan fingerprint density at radius 2 is 2.00 bits per heavy atom. The van der Waals surface area contributed by atoms with Gasteiger partial charge in [-0.25, -0.2) is 4.79 Å². The number of amides is 3. The molecular weight excluding hydrogens is 291 g/mol. The van der Waals surface area contributed by atoms with Crippen LogP contribution in [-0.2, 0) is 4.79 Å². The molecule has 2 rings (SSSR count). The maximum atomic E-state index is 11.4. The number of benzene rings is 1. The zero-order valence-corrected chi connectivity index (χ0v) is 11.4. The Hall–Kier alpha value is -1.46. The van der Waals surface area contributed by atoms with Crippen LogP contribution in [0.3, 0.4) is 0 Å². The van der Waals surface area contributed by atoms with E-state index in [9.17, 15) is 9.59 Å². The van der Waals surface area contributed by atoms with E-state index in [1.165, 1.54) is 6.07 Å². The van der Waals surface area contributed by atoms with E-state index in [0.29, 0.717) is 15.8 Å². The lowest BCUT2D eigenvalue weighted by Crippen LogP contribution is -2.42. The highest BCUT2D eigenvalue weighted by molar-refractivity contribution is 6.42. The minimum absolute atomic E-state index is 0.198. The van der Waals surface area contributed by atoms with Gasteiger partial charge in [0.1, 0.15) is 5.75 Å². The standard InChI is InChI=1S/C12H12Cl2N2O3/c13-9-4-3-8(5-10(9)14)19-6-11(17)16-12(18)15-7-1-2-7/h3-5,7H,1-2,6H2,(H2,15,16,17,18). The number of hydrogen-bond acceptors (Lipinski definition) is 3. The van der Waals surface area contributed by atoms with Gasteiger partial charge in [0, 0.05) is 12.1 Å². The van der Waals surface area contributed by atoms with Crippen LogP contribution >= 0.6 is 23.2 Å². The summed E-state index contributed by atoms with van der Waals surface area (Å²) < 4.78 is 5.19. The van der Waals surface area contributed by atoms with E-state index >= 15 is 0 Å². The lowest BCUT2D eigenvalue weighted by atomic mass is 10.3. The van der Waals surface area contributed by atoms with Crippen molar-refractivity contribution in [3.05, 3.63) is 28.2 Å². The topological polar surface area (TPSA) is 67.4 Å². The Balaban J connectivity index is 1.75. The summed E-state index contributed by atoms with van der Waals surface area (Å²) in [6.45, 7) is -0.268. The molecule has 1 fully saturated rings. The normalized spacial score (nSPS) is 13.8. The highest BCUT2D eigenvalue weighted by Crippen LogP contribution is 2.26. The molecule has 2 N–H and O–H groups in total. The van der Waals surface area contributed by atoms with Crippen LogP contribution < -0.4 is 15.4 Å². The summed E-state index contributed by atoms with van der Waals surface area (Å²) in [5, 5.41) is 5.55. The highest BCUT2D eigenvalue weighted by atomic mass is 35.5. The van der Waals surface area contributed by atoms with Gasteiger partial charge < -0.3 is 10.1 Å². The molecule has 102 valence electrons. The van der Waals surface area contributed by atoms with Crippen LogP contribution in [0.1, 0.15) is 12.8 Å². The minimum Gasteiger partial charge on any atom is -0.484 e. The zero-order valence-electron chi connectivity index (χ0n) is 9.91. The van der Waals surface area contributed by atoms with Crippen LogP contribution in [0, 0.1) is 0 Å². The molecule has 1 aromatic rings. The van der Waals surface area contributed by atoms with Crippen LogP contribution in [0.2, 0.25) is 10.0 Å². The number of urea groups is 1. The Morgan fingerprint density at radius 1 is 1.26 bits per heavy atom. The smallest absolute Gasteiger partial charge is 0.321 e. The molecule has 1 saturated carbocycles. The van der Waals surface area contributed by atoms with Gasteiger partial charge in [0.05, 0.1) is 10.0 Å². The number of rotatable bonds is 4. The molecule has 0 radical (unpaired) electrons. The highest BCUT2D eigenvalue weighted by Gasteiger charge is 2.23. The summed E-state index contributed by atoms with van der Waals surface area (Å²) >= 11 is 11.5. The Kier molecular flexibility index (Phi) is 4.50. The van der Waals surface area contributed by atoms with E-state index in [0.717, 1.165) is 12.8 Å². The van der Waals surface area contributed by atoms with Gasteiger partial charge in [-0.1, -0.05) is 23.2 Å². The van der Waals surface area contributed by atoms with Gasteiger partial charge >= 0.3 is 6.03 Å². The Morgan fingerprint density at radius 3 is 2.63 bits per heavy atom. The Labute approximate surface area is 120 Å². The fourth-order valence-corrected chi connectivity index (χ4v) is 1.62.